The van der Waals surface area contributed by atoms with E-state index in [9.17, 15) is 22.4 Å². The van der Waals surface area contributed by atoms with Gasteiger partial charge in [-0.2, -0.15) is 0 Å². The minimum absolute atomic E-state index is 0.176. The highest BCUT2D eigenvalue weighted by Crippen LogP contribution is 2.26. The van der Waals surface area contributed by atoms with Gasteiger partial charge in [-0.1, -0.05) is 60.7 Å². The molecule has 0 aromatic heterocycles. The number of hydrogen-bond donors (Lipinski definition) is 1. The summed E-state index contributed by atoms with van der Waals surface area (Å²) in [5, 5.41) is 2.78. The van der Waals surface area contributed by atoms with Crippen LogP contribution >= 0.6 is 0 Å². The summed E-state index contributed by atoms with van der Waals surface area (Å²) in [5.41, 5.74) is 3.00. The molecular formula is C29H34FN3O4S. The lowest BCUT2D eigenvalue weighted by molar-refractivity contribution is -0.140. The Morgan fingerprint density at radius 2 is 1.61 bits per heavy atom. The summed E-state index contributed by atoms with van der Waals surface area (Å²) < 4.78 is 41.5. The van der Waals surface area contributed by atoms with Gasteiger partial charge >= 0.3 is 0 Å². The third kappa shape index (κ3) is 7.19. The van der Waals surface area contributed by atoms with E-state index in [4.69, 9.17) is 0 Å². The zero-order valence-corrected chi connectivity index (χ0v) is 23.0. The normalized spacial score (nSPS) is 12.0. The zero-order chi connectivity index (χ0) is 27.9. The SMILES string of the molecule is CCNC(=O)C(Cc1ccccc1)N(Cc1ccccc1F)C(=O)CN(c1cccc(C)c1C)S(C)(=O)=O. The lowest BCUT2D eigenvalue weighted by Crippen LogP contribution is -2.53. The second-order valence-electron chi connectivity index (χ2n) is 9.20. The molecule has 38 heavy (non-hydrogen) atoms. The number of sulfonamides is 1. The van der Waals surface area contributed by atoms with Crippen LogP contribution < -0.4 is 9.62 Å². The third-order valence-electron chi connectivity index (χ3n) is 6.44. The van der Waals surface area contributed by atoms with E-state index < -0.39 is 40.2 Å². The summed E-state index contributed by atoms with van der Waals surface area (Å²) in [6.07, 6.45) is 1.21. The average molecular weight is 540 g/mol. The molecule has 1 N–H and O–H groups in total. The number of nitrogens with one attached hydrogen (secondary N) is 1. The molecule has 0 aliphatic rings. The summed E-state index contributed by atoms with van der Waals surface area (Å²) in [7, 11) is -3.87. The first-order valence-electron chi connectivity index (χ1n) is 12.4. The summed E-state index contributed by atoms with van der Waals surface area (Å²) >= 11 is 0. The predicted molar refractivity (Wildman–Crippen MR) is 148 cm³/mol. The second kappa shape index (κ2) is 12.7. The number of nitrogens with zero attached hydrogens (tertiary/aromatic N) is 2. The van der Waals surface area contributed by atoms with E-state index in [1.807, 2.05) is 43.3 Å². The second-order valence-corrected chi connectivity index (χ2v) is 11.1. The molecule has 2 amide bonds. The van der Waals surface area contributed by atoms with Gasteiger partial charge in [-0.25, -0.2) is 12.8 Å². The molecule has 1 atom stereocenters. The van der Waals surface area contributed by atoms with Crippen molar-refractivity contribution in [3.05, 3.63) is 101 Å². The highest BCUT2D eigenvalue weighted by molar-refractivity contribution is 7.92. The van der Waals surface area contributed by atoms with E-state index in [0.717, 1.165) is 27.3 Å². The highest BCUT2D eigenvalue weighted by Gasteiger charge is 2.33. The first-order chi connectivity index (χ1) is 18.0. The van der Waals surface area contributed by atoms with Crippen molar-refractivity contribution in [1.82, 2.24) is 10.2 Å². The van der Waals surface area contributed by atoms with Crippen LogP contribution in [0.25, 0.3) is 0 Å². The largest absolute Gasteiger partial charge is 0.355 e. The maximum atomic E-state index is 14.7. The van der Waals surface area contributed by atoms with Crippen molar-refractivity contribution in [1.29, 1.82) is 0 Å². The van der Waals surface area contributed by atoms with Crippen molar-refractivity contribution >= 4 is 27.5 Å². The van der Waals surface area contributed by atoms with Gasteiger partial charge in [0.2, 0.25) is 21.8 Å². The Kier molecular flexibility index (Phi) is 9.63. The van der Waals surface area contributed by atoms with Crippen LogP contribution in [0.5, 0.6) is 0 Å². The number of anilines is 1. The van der Waals surface area contributed by atoms with Crippen molar-refractivity contribution in [2.75, 3.05) is 23.7 Å². The molecule has 202 valence electrons. The Hall–Kier alpha value is -3.72. The van der Waals surface area contributed by atoms with E-state index in [1.165, 1.54) is 11.0 Å². The Labute approximate surface area is 224 Å². The van der Waals surface area contributed by atoms with Gasteiger partial charge in [0.1, 0.15) is 18.4 Å². The standard InChI is InChI=1S/C29H34FN3O4S/c1-5-31-29(35)27(18-23-13-7-6-8-14-23)32(19-24-15-9-10-16-25(24)30)28(34)20-33(38(4,36)37)26-17-11-12-21(2)22(26)3/h6-17,27H,5,18-20H2,1-4H3,(H,31,35). The van der Waals surface area contributed by atoms with Gasteiger partial charge in [0.05, 0.1) is 11.9 Å². The molecule has 0 fully saturated rings. The first-order valence-corrected chi connectivity index (χ1v) is 14.3. The summed E-state index contributed by atoms with van der Waals surface area (Å²) in [4.78, 5) is 28.5. The molecule has 7 nitrogen and oxygen atoms in total. The first kappa shape index (κ1) is 28.8. The number of likely N-dealkylation sites (N-methyl/N-ethyl adjacent to an activating group) is 1. The monoisotopic (exact) mass is 539 g/mol. The lowest BCUT2D eigenvalue weighted by Gasteiger charge is -2.34. The van der Waals surface area contributed by atoms with Crippen molar-refractivity contribution in [3.63, 3.8) is 0 Å². The van der Waals surface area contributed by atoms with Crippen molar-refractivity contribution in [2.24, 2.45) is 0 Å². The molecule has 0 saturated heterocycles. The van der Waals surface area contributed by atoms with Crippen LogP contribution in [0.4, 0.5) is 10.1 Å². The zero-order valence-electron chi connectivity index (χ0n) is 22.1. The molecule has 3 aromatic carbocycles. The van der Waals surface area contributed by atoms with Crippen molar-refractivity contribution in [2.45, 2.75) is 39.8 Å². The molecule has 9 heteroatoms. The number of hydrogen-bond acceptors (Lipinski definition) is 4. The fraction of sp³-hybridized carbons (Fsp3) is 0.310. The number of carbonyl (C=O) groups excluding carboxylic acids is 2. The Morgan fingerprint density at radius 1 is 0.947 bits per heavy atom. The van der Waals surface area contributed by atoms with Crippen LogP contribution in [0, 0.1) is 19.7 Å². The Balaban J connectivity index is 2.08. The van der Waals surface area contributed by atoms with Gasteiger partial charge in [-0.3, -0.25) is 13.9 Å². The molecule has 0 spiro atoms. The minimum atomic E-state index is -3.87. The van der Waals surface area contributed by atoms with Crippen LogP contribution in [0.2, 0.25) is 0 Å². The van der Waals surface area contributed by atoms with Crippen LogP contribution in [0.3, 0.4) is 0 Å². The van der Waals surface area contributed by atoms with Gasteiger partial charge in [-0.15, -0.1) is 0 Å². The topological polar surface area (TPSA) is 86.8 Å². The van der Waals surface area contributed by atoms with E-state index in [0.29, 0.717) is 12.2 Å². The van der Waals surface area contributed by atoms with Crippen molar-refractivity contribution < 1.29 is 22.4 Å². The molecule has 0 saturated carbocycles. The molecule has 0 heterocycles. The van der Waals surface area contributed by atoms with E-state index in [2.05, 4.69) is 5.32 Å². The highest BCUT2D eigenvalue weighted by atomic mass is 32.2. The fourth-order valence-corrected chi connectivity index (χ4v) is 5.16. The van der Waals surface area contributed by atoms with Gasteiger partial charge < -0.3 is 10.2 Å². The van der Waals surface area contributed by atoms with Crippen LogP contribution in [-0.2, 0) is 32.6 Å². The number of aryl methyl sites for hydroxylation is 1. The van der Waals surface area contributed by atoms with Gasteiger partial charge in [0, 0.05) is 25.1 Å². The van der Waals surface area contributed by atoms with Gasteiger partial charge in [-0.05, 0) is 49.6 Å². The predicted octanol–water partition coefficient (Wildman–Crippen LogP) is 3.98. The smallest absolute Gasteiger partial charge is 0.244 e. The lowest BCUT2D eigenvalue weighted by atomic mass is 10.0. The van der Waals surface area contributed by atoms with E-state index in [1.54, 1.807) is 44.2 Å². The number of benzene rings is 3. The van der Waals surface area contributed by atoms with Crippen LogP contribution in [0.1, 0.15) is 29.2 Å². The molecular weight excluding hydrogens is 505 g/mol. The van der Waals surface area contributed by atoms with E-state index in [-0.39, 0.29) is 18.5 Å². The molecule has 0 radical (unpaired) electrons. The maximum absolute atomic E-state index is 14.7. The van der Waals surface area contributed by atoms with E-state index >= 15 is 0 Å². The third-order valence-corrected chi connectivity index (χ3v) is 7.57. The number of rotatable bonds is 11. The number of halogens is 1. The molecule has 0 aliphatic carbocycles. The Morgan fingerprint density at radius 3 is 2.24 bits per heavy atom. The minimum Gasteiger partial charge on any atom is -0.355 e. The number of amides is 2. The van der Waals surface area contributed by atoms with Crippen LogP contribution in [0.15, 0.2) is 72.8 Å². The Bertz CT molecular complexity index is 1380. The molecule has 3 rings (SSSR count). The number of carbonyl (C=O) groups is 2. The van der Waals surface area contributed by atoms with Gasteiger partial charge in [0.25, 0.3) is 0 Å². The molecule has 1 unspecified atom stereocenters. The van der Waals surface area contributed by atoms with Crippen LogP contribution in [-0.4, -0.2) is 50.5 Å². The molecule has 0 bridgehead atoms. The maximum Gasteiger partial charge on any atom is 0.244 e. The molecule has 3 aromatic rings. The fourth-order valence-electron chi connectivity index (χ4n) is 4.26. The van der Waals surface area contributed by atoms with Gasteiger partial charge in [0.15, 0.2) is 0 Å². The summed E-state index contributed by atoms with van der Waals surface area (Å²) in [5.74, 6) is -1.54. The molecule has 0 aliphatic heterocycles. The summed E-state index contributed by atoms with van der Waals surface area (Å²) in [6, 6.07) is 19.5. The van der Waals surface area contributed by atoms with Crippen molar-refractivity contribution in [3.8, 4) is 0 Å². The summed E-state index contributed by atoms with van der Waals surface area (Å²) in [6.45, 7) is 5.01. The average Bonchev–Trinajstić information content (AvgIpc) is 2.87. The quantitative estimate of drug-likeness (QED) is 0.399.